The lowest BCUT2D eigenvalue weighted by Gasteiger charge is -2.07. The SMILES string of the molecule is ClCC=C(Sc1ccccc1)c1ccccc1. The zero-order valence-corrected chi connectivity index (χ0v) is 10.9. The number of rotatable bonds is 4. The molecule has 0 fully saturated rings. The number of halogens is 1. The summed E-state index contributed by atoms with van der Waals surface area (Å²) in [7, 11) is 0. The maximum Gasteiger partial charge on any atom is 0.0418 e. The maximum absolute atomic E-state index is 5.82. The Morgan fingerprint density at radius 3 is 2.12 bits per heavy atom. The van der Waals surface area contributed by atoms with E-state index >= 15 is 0 Å². The molecule has 0 aliphatic heterocycles. The summed E-state index contributed by atoms with van der Waals surface area (Å²) in [6.45, 7) is 0. The Kier molecular flexibility index (Phi) is 4.72. The minimum absolute atomic E-state index is 0.532. The van der Waals surface area contributed by atoms with Crippen molar-refractivity contribution in [2.75, 3.05) is 5.88 Å². The Morgan fingerprint density at radius 2 is 1.53 bits per heavy atom. The quantitative estimate of drug-likeness (QED) is 0.547. The zero-order chi connectivity index (χ0) is 11.9. The van der Waals surface area contributed by atoms with Gasteiger partial charge in [0.05, 0.1) is 0 Å². The molecule has 0 saturated heterocycles. The molecule has 2 aromatic carbocycles. The molecule has 2 heteroatoms. The molecule has 0 heterocycles. The molecule has 0 saturated carbocycles. The molecule has 86 valence electrons. The van der Waals surface area contributed by atoms with Crippen molar-refractivity contribution in [3.05, 3.63) is 72.3 Å². The number of hydrogen-bond acceptors (Lipinski definition) is 1. The first-order valence-electron chi connectivity index (χ1n) is 5.44. The van der Waals surface area contributed by atoms with Gasteiger partial charge in [0.2, 0.25) is 0 Å². The number of alkyl halides is 1. The molecular weight excluding hydrogens is 248 g/mol. The average Bonchev–Trinajstić information content (AvgIpc) is 2.40. The number of allylic oxidation sites excluding steroid dienone is 1. The molecule has 2 aromatic rings. The van der Waals surface area contributed by atoms with Crippen LogP contribution in [0.5, 0.6) is 0 Å². The lowest BCUT2D eigenvalue weighted by Crippen LogP contribution is -1.81. The van der Waals surface area contributed by atoms with E-state index in [-0.39, 0.29) is 0 Å². The van der Waals surface area contributed by atoms with E-state index in [2.05, 4.69) is 30.3 Å². The summed E-state index contributed by atoms with van der Waals surface area (Å²) in [4.78, 5) is 2.43. The minimum Gasteiger partial charge on any atom is -0.122 e. The first-order valence-corrected chi connectivity index (χ1v) is 6.79. The fourth-order valence-corrected chi connectivity index (χ4v) is 2.72. The molecule has 0 aromatic heterocycles. The second-order valence-corrected chi connectivity index (χ2v) is 4.93. The zero-order valence-electron chi connectivity index (χ0n) is 9.34. The predicted molar refractivity (Wildman–Crippen MR) is 77.4 cm³/mol. The highest BCUT2D eigenvalue weighted by Gasteiger charge is 2.02. The standard InChI is InChI=1S/C15H13ClS/c16-12-11-15(13-7-3-1-4-8-13)17-14-9-5-2-6-10-14/h1-11H,12H2. The molecule has 0 N–H and O–H groups in total. The Hall–Kier alpha value is -1.18. The van der Waals surface area contributed by atoms with Crippen molar-refractivity contribution in [2.24, 2.45) is 0 Å². The van der Waals surface area contributed by atoms with Crippen LogP contribution >= 0.6 is 23.4 Å². The van der Waals surface area contributed by atoms with Crippen molar-refractivity contribution in [1.82, 2.24) is 0 Å². The van der Waals surface area contributed by atoms with Gasteiger partial charge in [-0.25, -0.2) is 0 Å². The van der Waals surface area contributed by atoms with Gasteiger partial charge in [0.1, 0.15) is 0 Å². The van der Waals surface area contributed by atoms with E-state index in [1.807, 2.05) is 36.4 Å². The van der Waals surface area contributed by atoms with E-state index in [1.165, 1.54) is 15.4 Å². The van der Waals surface area contributed by atoms with E-state index in [0.29, 0.717) is 5.88 Å². The molecule has 0 amide bonds. The van der Waals surface area contributed by atoms with E-state index in [4.69, 9.17) is 11.6 Å². The Morgan fingerprint density at radius 1 is 0.941 bits per heavy atom. The second-order valence-electron chi connectivity index (χ2n) is 3.50. The summed E-state index contributed by atoms with van der Waals surface area (Å²) in [6.07, 6.45) is 2.05. The van der Waals surface area contributed by atoms with Crippen molar-refractivity contribution in [3.63, 3.8) is 0 Å². The van der Waals surface area contributed by atoms with Crippen molar-refractivity contribution < 1.29 is 0 Å². The number of hydrogen-bond donors (Lipinski definition) is 0. The molecule has 0 bridgehead atoms. The predicted octanol–water partition coefficient (Wildman–Crippen LogP) is 5.06. The van der Waals surface area contributed by atoms with Gasteiger partial charge in [-0.05, 0) is 17.7 Å². The van der Waals surface area contributed by atoms with Gasteiger partial charge in [0.15, 0.2) is 0 Å². The van der Waals surface area contributed by atoms with Crippen LogP contribution in [0.3, 0.4) is 0 Å². The van der Waals surface area contributed by atoms with Crippen LogP contribution in [-0.4, -0.2) is 5.88 Å². The number of benzene rings is 2. The third kappa shape index (κ3) is 3.65. The summed E-state index contributed by atoms with van der Waals surface area (Å²) >= 11 is 7.57. The Bertz CT molecular complexity index is 477. The third-order valence-corrected chi connectivity index (χ3v) is 3.58. The van der Waals surface area contributed by atoms with Crippen LogP contribution in [0.2, 0.25) is 0 Å². The fraction of sp³-hybridized carbons (Fsp3) is 0.0667. The Labute approximate surface area is 111 Å². The van der Waals surface area contributed by atoms with Crippen molar-refractivity contribution in [2.45, 2.75) is 4.90 Å². The molecule has 0 aliphatic carbocycles. The molecule has 2 rings (SSSR count). The minimum atomic E-state index is 0.532. The van der Waals surface area contributed by atoms with Crippen LogP contribution in [0.4, 0.5) is 0 Å². The summed E-state index contributed by atoms with van der Waals surface area (Å²) in [5, 5.41) is 0. The van der Waals surface area contributed by atoms with Gasteiger partial charge >= 0.3 is 0 Å². The van der Waals surface area contributed by atoms with Crippen molar-refractivity contribution in [1.29, 1.82) is 0 Å². The van der Waals surface area contributed by atoms with Crippen molar-refractivity contribution >= 4 is 28.3 Å². The summed E-state index contributed by atoms with van der Waals surface area (Å²) in [6, 6.07) is 20.7. The lowest BCUT2D eigenvalue weighted by molar-refractivity contribution is 1.47. The summed E-state index contributed by atoms with van der Waals surface area (Å²) in [5.74, 6) is 0.532. The lowest BCUT2D eigenvalue weighted by atomic mass is 10.2. The van der Waals surface area contributed by atoms with Gasteiger partial charge < -0.3 is 0 Å². The van der Waals surface area contributed by atoms with Crippen LogP contribution < -0.4 is 0 Å². The first-order chi connectivity index (χ1) is 8.40. The normalized spacial score (nSPS) is 11.5. The highest BCUT2D eigenvalue weighted by molar-refractivity contribution is 8.08. The smallest absolute Gasteiger partial charge is 0.0418 e. The van der Waals surface area contributed by atoms with Gasteiger partial charge in [0, 0.05) is 15.7 Å². The number of thioether (sulfide) groups is 1. The molecule has 0 nitrogen and oxygen atoms in total. The molecule has 0 unspecified atom stereocenters. The molecular formula is C15H13ClS. The van der Waals surface area contributed by atoms with Gasteiger partial charge in [-0.3, -0.25) is 0 Å². The molecule has 0 atom stereocenters. The summed E-state index contributed by atoms with van der Waals surface area (Å²) < 4.78 is 0. The molecule has 17 heavy (non-hydrogen) atoms. The highest BCUT2D eigenvalue weighted by atomic mass is 35.5. The molecule has 0 spiro atoms. The van der Waals surface area contributed by atoms with Crippen LogP contribution in [0, 0.1) is 0 Å². The van der Waals surface area contributed by atoms with Crippen LogP contribution in [0.25, 0.3) is 4.91 Å². The monoisotopic (exact) mass is 260 g/mol. The van der Waals surface area contributed by atoms with Crippen molar-refractivity contribution in [3.8, 4) is 0 Å². The van der Waals surface area contributed by atoms with E-state index < -0.39 is 0 Å². The summed E-state index contributed by atoms with van der Waals surface area (Å²) in [5.41, 5.74) is 1.21. The van der Waals surface area contributed by atoms with Gasteiger partial charge in [-0.15, -0.1) is 11.6 Å². The van der Waals surface area contributed by atoms with Gasteiger partial charge in [-0.2, -0.15) is 0 Å². The van der Waals surface area contributed by atoms with E-state index in [9.17, 15) is 0 Å². The van der Waals surface area contributed by atoms with E-state index in [0.717, 1.165) is 0 Å². The van der Waals surface area contributed by atoms with E-state index in [1.54, 1.807) is 11.8 Å². The first kappa shape index (κ1) is 12.3. The van der Waals surface area contributed by atoms with Gasteiger partial charge in [-0.1, -0.05) is 66.4 Å². The van der Waals surface area contributed by atoms with Gasteiger partial charge in [0.25, 0.3) is 0 Å². The topological polar surface area (TPSA) is 0 Å². The maximum atomic E-state index is 5.82. The average molecular weight is 261 g/mol. The fourth-order valence-electron chi connectivity index (χ4n) is 1.51. The second kappa shape index (κ2) is 6.53. The van der Waals surface area contributed by atoms with Crippen LogP contribution in [0.15, 0.2) is 71.6 Å². The largest absolute Gasteiger partial charge is 0.122 e. The Balaban J connectivity index is 2.23. The van der Waals surface area contributed by atoms with Crippen LogP contribution in [-0.2, 0) is 0 Å². The molecule has 0 radical (unpaired) electrons. The third-order valence-electron chi connectivity index (χ3n) is 2.29. The van der Waals surface area contributed by atoms with Crippen LogP contribution in [0.1, 0.15) is 5.56 Å². The molecule has 0 aliphatic rings. The highest BCUT2D eigenvalue weighted by Crippen LogP contribution is 2.33.